The molecule has 0 radical (unpaired) electrons. The minimum absolute atomic E-state index is 0.0593. The number of rotatable bonds is 6. The van der Waals surface area contributed by atoms with Crippen molar-refractivity contribution in [3.05, 3.63) is 71.0 Å². The maximum atomic E-state index is 12.9. The van der Waals surface area contributed by atoms with E-state index < -0.39 is 0 Å². The second-order valence-electron chi connectivity index (χ2n) is 8.53. The first-order valence-electron chi connectivity index (χ1n) is 11.0. The lowest BCUT2D eigenvalue weighted by molar-refractivity contribution is -0.140. The Kier molecular flexibility index (Phi) is 6.96. The summed E-state index contributed by atoms with van der Waals surface area (Å²) >= 11 is 1.45. The molecule has 2 atom stereocenters. The van der Waals surface area contributed by atoms with E-state index in [1.807, 2.05) is 36.9 Å². The number of nitrogens with zero attached hydrogens (tertiary/aromatic N) is 4. The average Bonchev–Trinajstić information content (AvgIpc) is 3.14. The summed E-state index contributed by atoms with van der Waals surface area (Å²) < 4.78 is 7.86. The molecule has 3 aromatic rings. The Morgan fingerprint density at radius 3 is 2.47 bits per heavy atom. The fourth-order valence-electron chi connectivity index (χ4n) is 4.18. The van der Waals surface area contributed by atoms with Gasteiger partial charge in [0.1, 0.15) is 5.82 Å². The van der Waals surface area contributed by atoms with E-state index in [9.17, 15) is 4.79 Å². The Bertz CT molecular complexity index is 1070. The lowest BCUT2D eigenvalue weighted by Crippen LogP contribution is -2.48. The van der Waals surface area contributed by atoms with Crippen LogP contribution in [0, 0.1) is 13.8 Å². The lowest BCUT2D eigenvalue weighted by Gasteiger charge is -2.35. The summed E-state index contributed by atoms with van der Waals surface area (Å²) in [6.45, 7) is 9.47. The Labute approximate surface area is 194 Å². The molecule has 1 aromatic heterocycles. The number of thioether (sulfide) groups is 1. The van der Waals surface area contributed by atoms with Crippen molar-refractivity contribution in [2.24, 2.45) is 0 Å². The molecule has 0 saturated carbocycles. The number of morpholine rings is 1. The molecular formula is C25H30N4O2S. The van der Waals surface area contributed by atoms with Gasteiger partial charge in [0, 0.05) is 19.5 Å². The lowest BCUT2D eigenvalue weighted by atomic mass is 10.1. The predicted molar refractivity (Wildman–Crippen MR) is 127 cm³/mol. The molecule has 7 heteroatoms. The van der Waals surface area contributed by atoms with Crippen LogP contribution in [-0.4, -0.2) is 56.6 Å². The van der Waals surface area contributed by atoms with Crippen LogP contribution in [0.3, 0.4) is 0 Å². The van der Waals surface area contributed by atoms with Crippen molar-refractivity contribution in [2.45, 2.75) is 51.5 Å². The number of aromatic nitrogens is 3. The van der Waals surface area contributed by atoms with Gasteiger partial charge in [-0.3, -0.25) is 9.36 Å². The quantitative estimate of drug-likeness (QED) is 0.527. The van der Waals surface area contributed by atoms with Crippen molar-refractivity contribution in [1.29, 1.82) is 0 Å². The molecule has 1 aliphatic heterocycles. The molecule has 168 valence electrons. The molecule has 2 unspecified atom stereocenters. The van der Waals surface area contributed by atoms with Crippen LogP contribution in [0.2, 0.25) is 0 Å². The Morgan fingerprint density at radius 2 is 1.78 bits per heavy atom. The van der Waals surface area contributed by atoms with Gasteiger partial charge >= 0.3 is 0 Å². The standard InChI is InChI=1S/C25H30N4O2S/c1-17-10-11-22(18(2)12-17)29-23(13-21-8-6-5-7-9-21)26-27-25(29)32-16-24(30)28-14-19(3)31-20(4)15-28/h5-12,19-20H,13-16H2,1-4H3. The number of hydrogen-bond donors (Lipinski definition) is 0. The Morgan fingerprint density at radius 1 is 1.06 bits per heavy atom. The smallest absolute Gasteiger partial charge is 0.233 e. The maximum absolute atomic E-state index is 12.9. The summed E-state index contributed by atoms with van der Waals surface area (Å²) in [6, 6.07) is 16.6. The third-order valence-corrected chi connectivity index (χ3v) is 6.51. The maximum Gasteiger partial charge on any atom is 0.233 e. The summed E-state index contributed by atoms with van der Waals surface area (Å²) in [5.74, 6) is 1.30. The Balaban J connectivity index is 1.59. The highest BCUT2D eigenvalue weighted by Gasteiger charge is 2.26. The van der Waals surface area contributed by atoms with Crippen molar-refractivity contribution in [2.75, 3.05) is 18.8 Å². The summed E-state index contributed by atoms with van der Waals surface area (Å²) in [4.78, 5) is 14.8. The molecule has 2 aromatic carbocycles. The van der Waals surface area contributed by atoms with E-state index in [1.165, 1.54) is 22.9 Å². The van der Waals surface area contributed by atoms with Crippen molar-refractivity contribution >= 4 is 17.7 Å². The summed E-state index contributed by atoms with van der Waals surface area (Å²) in [6.07, 6.45) is 0.793. The van der Waals surface area contributed by atoms with Crippen LogP contribution in [0.4, 0.5) is 0 Å². The number of benzene rings is 2. The normalized spacial score (nSPS) is 18.7. The largest absolute Gasteiger partial charge is 0.372 e. The van der Waals surface area contributed by atoms with Gasteiger partial charge in [-0.2, -0.15) is 0 Å². The third kappa shape index (κ3) is 5.22. The van der Waals surface area contributed by atoms with Gasteiger partial charge in [-0.1, -0.05) is 59.8 Å². The predicted octanol–water partition coefficient (Wildman–Crippen LogP) is 4.20. The molecule has 0 bridgehead atoms. The molecule has 1 saturated heterocycles. The first-order chi connectivity index (χ1) is 15.4. The van der Waals surface area contributed by atoms with Gasteiger partial charge in [0.2, 0.25) is 5.91 Å². The van der Waals surface area contributed by atoms with Crippen LogP contribution in [0.1, 0.15) is 36.4 Å². The zero-order chi connectivity index (χ0) is 22.7. The molecule has 1 amide bonds. The molecule has 0 N–H and O–H groups in total. The zero-order valence-corrected chi connectivity index (χ0v) is 19.9. The first-order valence-corrected chi connectivity index (χ1v) is 12.0. The van der Waals surface area contributed by atoms with Crippen molar-refractivity contribution in [1.82, 2.24) is 19.7 Å². The van der Waals surface area contributed by atoms with E-state index in [-0.39, 0.29) is 18.1 Å². The number of carbonyl (C=O) groups is 1. The number of carbonyl (C=O) groups excluding carboxylic acids is 1. The number of ether oxygens (including phenoxy) is 1. The highest BCUT2D eigenvalue weighted by Crippen LogP contribution is 2.27. The van der Waals surface area contributed by atoms with Crippen LogP contribution in [0.15, 0.2) is 53.7 Å². The average molecular weight is 451 g/mol. The molecule has 6 nitrogen and oxygen atoms in total. The number of hydrogen-bond acceptors (Lipinski definition) is 5. The fourth-order valence-corrected chi connectivity index (χ4v) is 5.05. The first kappa shape index (κ1) is 22.6. The van der Waals surface area contributed by atoms with Gasteiger partial charge in [0.25, 0.3) is 0 Å². The highest BCUT2D eigenvalue weighted by molar-refractivity contribution is 7.99. The molecule has 2 heterocycles. The van der Waals surface area contributed by atoms with Gasteiger partial charge in [0.05, 0.1) is 23.6 Å². The van der Waals surface area contributed by atoms with Crippen LogP contribution >= 0.6 is 11.8 Å². The second-order valence-corrected chi connectivity index (χ2v) is 9.47. The van der Waals surface area contributed by atoms with Gasteiger partial charge < -0.3 is 9.64 Å². The van der Waals surface area contributed by atoms with E-state index in [4.69, 9.17) is 4.74 Å². The minimum Gasteiger partial charge on any atom is -0.372 e. The van der Waals surface area contributed by atoms with Crippen molar-refractivity contribution < 1.29 is 9.53 Å². The monoisotopic (exact) mass is 450 g/mol. The molecular weight excluding hydrogens is 420 g/mol. The van der Waals surface area contributed by atoms with Crippen LogP contribution in [-0.2, 0) is 16.0 Å². The van der Waals surface area contributed by atoms with Crippen molar-refractivity contribution in [3.63, 3.8) is 0 Å². The SMILES string of the molecule is Cc1ccc(-n2c(Cc3ccccc3)nnc2SCC(=O)N2CC(C)OC(C)C2)c(C)c1. The summed E-state index contributed by atoms with van der Waals surface area (Å²) in [7, 11) is 0. The van der Waals surface area contributed by atoms with E-state index in [2.05, 4.69) is 58.9 Å². The molecule has 0 spiro atoms. The second kappa shape index (κ2) is 9.88. The third-order valence-electron chi connectivity index (χ3n) is 5.60. The number of amides is 1. The van der Waals surface area contributed by atoms with E-state index in [0.29, 0.717) is 25.3 Å². The topological polar surface area (TPSA) is 60.2 Å². The minimum atomic E-state index is 0.0593. The highest BCUT2D eigenvalue weighted by atomic mass is 32.2. The molecule has 32 heavy (non-hydrogen) atoms. The van der Waals surface area contributed by atoms with Gasteiger partial charge in [0.15, 0.2) is 5.16 Å². The summed E-state index contributed by atoms with van der Waals surface area (Å²) in [5, 5.41) is 9.73. The van der Waals surface area contributed by atoms with E-state index in [1.54, 1.807) is 0 Å². The van der Waals surface area contributed by atoms with Gasteiger partial charge in [-0.05, 0) is 44.9 Å². The fraction of sp³-hybridized carbons (Fsp3) is 0.400. The van der Waals surface area contributed by atoms with Gasteiger partial charge in [-0.25, -0.2) is 0 Å². The van der Waals surface area contributed by atoms with E-state index >= 15 is 0 Å². The van der Waals surface area contributed by atoms with Crippen LogP contribution in [0.25, 0.3) is 5.69 Å². The molecule has 1 aliphatic rings. The summed E-state index contributed by atoms with van der Waals surface area (Å²) in [5.41, 5.74) is 4.59. The van der Waals surface area contributed by atoms with Gasteiger partial charge in [-0.15, -0.1) is 10.2 Å². The van der Waals surface area contributed by atoms with Crippen LogP contribution < -0.4 is 0 Å². The Hall–Kier alpha value is -2.64. The molecule has 4 rings (SSSR count). The van der Waals surface area contributed by atoms with Crippen LogP contribution in [0.5, 0.6) is 0 Å². The molecule has 1 fully saturated rings. The molecule has 0 aliphatic carbocycles. The zero-order valence-electron chi connectivity index (χ0n) is 19.1. The number of aryl methyl sites for hydroxylation is 2. The van der Waals surface area contributed by atoms with E-state index in [0.717, 1.165) is 22.2 Å². The van der Waals surface area contributed by atoms with Crippen molar-refractivity contribution in [3.8, 4) is 5.69 Å².